The highest BCUT2D eigenvalue weighted by molar-refractivity contribution is 7.09. The molecule has 3 N–H and O–H groups in total. The number of nitrogens with one attached hydrogen (secondary N) is 3. The summed E-state index contributed by atoms with van der Waals surface area (Å²) in [6.07, 6.45) is 1.89. The van der Waals surface area contributed by atoms with E-state index in [2.05, 4.69) is 30.9 Å². The smallest absolute Gasteiger partial charge is 0.251 e. The van der Waals surface area contributed by atoms with Crippen molar-refractivity contribution in [3.05, 3.63) is 81.9 Å². The number of fused-ring (bicyclic) bond motifs is 3. The molecule has 0 atom stereocenters. The number of carbonyl (C=O) groups excluding carboxylic acids is 2. The van der Waals surface area contributed by atoms with E-state index >= 15 is 0 Å². The number of aryl methyl sites for hydroxylation is 1. The van der Waals surface area contributed by atoms with Gasteiger partial charge >= 0.3 is 0 Å². The monoisotopic (exact) mass is 456 g/mol. The summed E-state index contributed by atoms with van der Waals surface area (Å²) in [6, 6.07) is 14.7. The summed E-state index contributed by atoms with van der Waals surface area (Å²) in [7, 11) is 0. The van der Waals surface area contributed by atoms with Crippen LogP contribution in [-0.4, -0.2) is 26.8 Å². The van der Waals surface area contributed by atoms with E-state index in [1.54, 1.807) is 41.8 Å². The van der Waals surface area contributed by atoms with Crippen molar-refractivity contribution in [2.24, 2.45) is 0 Å². The van der Waals surface area contributed by atoms with Crippen LogP contribution in [0.4, 0.5) is 17.3 Å². The van der Waals surface area contributed by atoms with Gasteiger partial charge in [-0.1, -0.05) is 18.2 Å². The number of amides is 2. The predicted molar refractivity (Wildman–Crippen MR) is 128 cm³/mol. The second-order valence-electron chi connectivity index (χ2n) is 7.58. The van der Waals surface area contributed by atoms with Crippen molar-refractivity contribution in [3.63, 3.8) is 0 Å². The molecule has 3 heterocycles. The molecule has 4 aromatic rings. The lowest BCUT2D eigenvalue weighted by molar-refractivity contribution is -0.115. The first kappa shape index (κ1) is 20.8. The minimum Gasteiger partial charge on any atom is -0.346 e. The van der Waals surface area contributed by atoms with E-state index in [-0.39, 0.29) is 18.2 Å². The lowest BCUT2D eigenvalue weighted by atomic mass is 10.1. The Morgan fingerprint density at radius 1 is 1.12 bits per heavy atom. The minimum atomic E-state index is -0.165. The lowest BCUT2D eigenvalue weighted by Crippen LogP contribution is -2.22. The molecule has 0 radical (unpaired) electrons. The van der Waals surface area contributed by atoms with Crippen LogP contribution in [0.15, 0.2) is 60.1 Å². The van der Waals surface area contributed by atoms with Crippen LogP contribution in [0.25, 0.3) is 11.3 Å². The van der Waals surface area contributed by atoms with Gasteiger partial charge in [0.25, 0.3) is 5.91 Å². The maximum atomic E-state index is 12.4. The third-order valence-corrected chi connectivity index (χ3v) is 5.99. The summed E-state index contributed by atoms with van der Waals surface area (Å²) in [6.45, 7) is 2.33. The normalized spacial score (nSPS) is 12.2. The van der Waals surface area contributed by atoms with Gasteiger partial charge in [-0.2, -0.15) is 0 Å². The number of anilines is 3. The molecule has 9 heteroatoms. The van der Waals surface area contributed by atoms with Crippen molar-refractivity contribution in [2.75, 3.05) is 10.6 Å². The van der Waals surface area contributed by atoms with Crippen LogP contribution in [0, 0.1) is 6.92 Å². The van der Waals surface area contributed by atoms with Gasteiger partial charge in [0.15, 0.2) is 0 Å². The zero-order valence-corrected chi connectivity index (χ0v) is 18.6. The lowest BCUT2D eigenvalue weighted by Gasteiger charge is -2.11. The van der Waals surface area contributed by atoms with E-state index in [0.717, 1.165) is 38.9 Å². The number of para-hydroxylation sites is 1. The van der Waals surface area contributed by atoms with Crippen LogP contribution in [-0.2, 0) is 17.8 Å². The van der Waals surface area contributed by atoms with Gasteiger partial charge in [-0.15, -0.1) is 11.3 Å². The molecule has 0 saturated carbocycles. The highest BCUT2D eigenvalue weighted by atomic mass is 32.1. The Bertz CT molecular complexity index is 1350. The predicted octanol–water partition coefficient (Wildman–Crippen LogP) is 4.08. The van der Waals surface area contributed by atoms with Crippen molar-refractivity contribution in [3.8, 4) is 11.3 Å². The summed E-state index contributed by atoms with van der Waals surface area (Å²) in [5.41, 5.74) is 5.22. The maximum Gasteiger partial charge on any atom is 0.251 e. The van der Waals surface area contributed by atoms with Crippen LogP contribution in [0.3, 0.4) is 0 Å². The molecule has 8 nitrogen and oxygen atoms in total. The van der Waals surface area contributed by atoms with Crippen LogP contribution < -0.4 is 16.0 Å². The van der Waals surface area contributed by atoms with E-state index in [9.17, 15) is 9.59 Å². The molecule has 2 amide bonds. The van der Waals surface area contributed by atoms with Gasteiger partial charge in [0.2, 0.25) is 11.9 Å². The Labute approximate surface area is 194 Å². The van der Waals surface area contributed by atoms with Crippen molar-refractivity contribution < 1.29 is 9.59 Å². The standard InChI is InChI=1S/C24H20N6O2S/c1-14-27-18(13-33-14)12-25-23(32)15-6-8-17(9-7-15)28-24-26-11-16-10-21(31)29-20-5-3-2-4-19(20)22(16)30-24/h2-9,11,13H,10,12H2,1H3,(H,25,32)(H,29,31)(H,26,28,30). The first-order valence-electron chi connectivity index (χ1n) is 10.4. The number of benzene rings is 2. The van der Waals surface area contributed by atoms with Gasteiger partial charge in [-0.05, 0) is 37.3 Å². The van der Waals surface area contributed by atoms with Gasteiger partial charge in [0, 0.05) is 34.0 Å². The molecular formula is C24H20N6O2S. The minimum absolute atomic E-state index is 0.0933. The highest BCUT2D eigenvalue weighted by Crippen LogP contribution is 2.32. The SMILES string of the molecule is Cc1nc(CNC(=O)c2ccc(Nc3ncc4c(n3)-c3ccccc3NC(=O)C4)cc2)cs1. The summed E-state index contributed by atoms with van der Waals surface area (Å²) in [5, 5.41) is 11.9. The first-order valence-corrected chi connectivity index (χ1v) is 11.2. The zero-order chi connectivity index (χ0) is 22.8. The quantitative estimate of drug-likeness (QED) is 0.418. The van der Waals surface area contributed by atoms with Crippen LogP contribution in [0.2, 0.25) is 0 Å². The third-order valence-electron chi connectivity index (χ3n) is 5.17. The Hall–Kier alpha value is -4.11. The molecule has 5 rings (SSSR count). The Kier molecular flexibility index (Phi) is 5.54. The van der Waals surface area contributed by atoms with E-state index in [0.29, 0.717) is 18.1 Å². The highest BCUT2D eigenvalue weighted by Gasteiger charge is 2.20. The summed E-state index contributed by atoms with van der Waals surface area (Å²) in [4.78, 5) is 38.0. The van der Waals surface area contributed by atoms with Gasteiger partial charge in [-0.3, -0.25) is 9.59 Å². The number of nitrogens with zero attached hydrogens (tertiary/aromatic N) is 3. The fourth-order valence-electron chi connectivity index (χ4n) is 3.59. The average Bonchev–Trinajstić information content (AvgIpc) is 3.18. The van der Waals surface area contributed by atoms with Crippen molar-refractivity contribution in [1.82, 2.24) is 20.3 Å². The Morgan fingerprint density at radius 2 is 1.94 bits per heavy atom. The fourth-order valence-corrected chi connectivity index (χ4v) is 4.20. The van der Waals surface area contributed by atoms with Crippen LogP contribution in [0.5, 0.6) is 0 Å². The van der Waals surface area contributed by atoms with Crippen LogP contribution >= 0.6 is 11.3 Å². The summed E-state index contributed by atoms with van der Waals surface area (Å²) >= 11 is 1.56. The van der Waals surface area contributed by atoms with Gasteiger partial charge in [0.05, 0.1) is 35.0 Å². The van der Waals surface area contributed by atoms with E-state index < -0.39 is 0 Å². The molecule has 164 valence electrons. The molecule has 0 bridgehead atoms. The number of thiazole rings is 1. The molecule has 2 aromatic carbocycles. The van der Waals surface area contributed by atoms with E-state index in [1.807, 2.05) is 36.6 Å². The molecule has 2 aromatic heterocycles. The molecular weight excluding hydrogens is 436 g/mol. The largest absolute Gasteiger partial charge is 0.346 e. The second kappa shape index (κ2) is 8.79. The first-order chi connectivity index (χ1) is 16.0. The number of hydrogen-bond donors (Lipinski definition) is 3. The van der Waals surface area contributed by atoms with E-state index in [1.165, 1.54) is 0 Å². The Morgan fingerprint density at radius 3 is 2.73 bits per heavy atom. The molecule has 1 aliphatic heterocycles. The van der Waals surface area contributed by atoms with Crippen LogP contribution in [0.1, 0.15) is 26.6 Å². The molecule has 33 heavy (non-hydrogen) atoms. The molecule has 0 saturated heterocycles. The summed E-state index contributed by atoms with van der Waals surface area (Å²) < 4.78 is 0. The molecule has 0 aliphatic carbocycles. The van der Waals surface area contributed by atoms with Gasteiger partial charge < -0.3 is 16.0 Å². The molecule has 1 aliphatic rings. The molecule has 0 unspecified atom stereocenters. The topological polar surface area (TPSA) is 109 Å². The number of aromatic nitrogens is 3. The average molecular weight is 457 g/mol. The third kappa shape index (κ3) is 4.58. The van der Waals surface area contributed by atoms with Crippen molar-refractivity contribution in [1.29, 1.82) is 0 Å². The van der Waals surface area contributed by atoms with E-state index in [4.69, 9.17) is 0 Å². The number of rotatable bonds is 5. The number of hydrogen-bond acceptors (Lipinski definition) is 7. The van der Waals surface area contributed by atoms with Gasteiger partial charge in [-0.25, -0.2) is 15.0 Å². The van der Waals surface area contributed by atoms with Crippen molar-refractivity contribution in [2.45, 2.75) is 19.9 Å². The number of carbonyl (C=O) groups is 2. The zero-order valence-electron chi connectivity index (χ0n) is 17.8. The fraction of sp³-hybridized carbons (Fsp3) is 0.125. The second-order valence-corrected chi connectivity index (χ2v) is 8.64. The molecule has 0 spiro atoms. The Balaban J connectivity index is 1.31. The molecule has 0 fully saturated rings. The van der Waals surface area contributed by atoms with Gasteiger partial charge in [0.1, 0.15) is 0 Å². The summed E-state index contributed by atoms with van der Waals surface area (Å²) in [5.74, 6) is 0.153. The maximum absolute atomic E-state index is 12.4. The van der Waals surface area contributed by atoms with Crippen molar-refractivity contribution >= 4 is 40.5 Å².